The van der Waals surface area contributed by atoms with Crippen molar-refractivity contribution in [1.82, 2.24) is 26.2 Å². The van der Waals surface area contributed by atoms with Gasteiger partial charge in [-0.2, -0.15) is 0 Å². The summed E-state index contributed by atoms with van der Waals surface area (Å²) in [5, 5.41) is 36.6. The number of carbonyl (C=O) groups excluding carboxylic acids is 6. The largest absolute Gasteiger partial charge is 0.481 e. The van der Waals surface area contributed by atoms with Gasteiger partial charge in [0.05, 0.1) is 19.1 Å². The molecule has 0 bridgehead atoms. The average molecular weight is 574 g/mol. The Morgan fingerprint density at radius 1 is 0.950 bits per heavy atom. The highest BCUT2D eigenvalue weighted by molar-refractivity contribution is 5.97. The second-order valence-corrected chi connectivity index (χ2v) is 9.02. The van der Waals surface area contributed by atoms with Crippen molar-refractivity contribution in [1.29, 1.82) is 0 Å². The van der Waals surface area contributed by atoms with Gasteiger partial charge in [0.1, 0.15) is 30.7 Å². The monoisotopic (exact) mass is 573 g/mol. The maximum atomic E-state index is 13.4. The van der Waals surface area contributed by atoms with Crippen LogP contribution in [0, 0.1) is 0 Å². The molecule has 0 aliphatic carbocycles. The number of nitrogens with two attached hydrogens (primary N) is 2. The van der Waals surface area contributed by atoms with Gasteiger partial charge in [-0.05, 0) is 26.2 Å². The summed E-state index contributed by atoms with van der Waals surface area (Å²) in [6, 6.07) is -5.73. The molecule has 0 spiro atoms. The number of primary amides is 1. The first kappa shape index (κ1) is 33.7. The molecule has 0 aromatic heterocycles. The summed E-state index contributed by atoms with van der Waals surface area (Å²) >= 11 is 0. The van der Waals surface area contributed by atoms with Crippen LogP contribution in [0.5, 0.6) is 0 Å². The predicted molar refractivity (Wildman–Crippen MR) is 133 cm³/mol. The van der Waals surface area contributed by atoms with Crippen molar-refractivity contribution >= 4 is 47.4 Å². The molecular formula is C22H35N7O11. The Kier molecular flexibility index (Phi) is 13.4. The van der Waals surface area contributed by atoms with Crippen LogP contribution in [0.15, 0.2) is 0 Å². The zero-order valence-electron chi connectivity index (χ0n) is 21.8. The molecule has 1 heterocycles. The standard InChI is InChI=1S/C22H35N7O11/c1-10(30)18(28-15(32)8-23)21(39)26-11(4-5-16(33)34)22(40)29-6-2-3-13(29)20(38)27-12(7-14(24)31)19(37)25-9-17(35)36/h10-13,18,30H,2-9,23H2,1H3,(H2,24,31)(H,25,37)(H,26,39)(H,27,38)(H,28,32)(H,33,34)(H,35,36)/t10-,11+,12+,13+,18+/m1/s1. The Labute approximate surface area is 228 Å². The number of rotatable bonds is 16. The number of carboxylic acids is 2. The van der Waals surface area contributed by atoms with Crippen LogP contribution in [0.1, 0.15) is 39.0 Å². The van der Waals surface area contributed by atoms with E-state index in [9.17, 15) is 43.5 Å². The first-order valence-electron chi connectivity index (χ1n) is 12.3. The molecule has 5 atom stereocenters. The van der Waals surface area contributed by atoms with E-state index in [2.05, 4.69) is 16.0 Å². The zero-order valence-corrected chi connectivity index (χ0v) is 21.8. The third-order valence-corrected chi connectivity index (χ3v) is 5.82. The van der Waals surface area contributed by atoms with Crippen LogP contribution < -0.4 is 32.7 Å². The highest BCUT2D eigenvalue weighted by atomic mass is 16.4. The second-order valence-electron chi connectivity index (χ2n) is 9.02. The lowest BCUT2D eigenvalue weighted by Crippen LogP contribution is -2.60. The lowest BCUT2D eigenvalue weighted by atomic mass is 10.1. The number of hydrogen-bond donors (Lipinski definition) is 9. The minimum Gasteiger partial charge on any atom is -0.481 e. The summed E-state index contributed by atoms with van der Waals surface area (Å²) in [6.07, 6.45) is -2.60. The fraction of sp³-hybridized carbons (Fsp3) is 0.636. The van der Waals surface area contributed by atoms with Gasteiger partial charge in [-0.25, -0.2) is 0 Å². The molecule has 0 aromatic carbocycles. The number of aliphatic hydroxyl groups excluding tert-OH is 1. The number of amides is 6. The van der Waals surface area contributed by atoms with Gasteiger partial charge in [-0.15, -0.1) is 0 Å². The number of nitrogens with one attached hydrogen (secondary N) is 4. The van der Waals surface area contributed by atoms with Crippen molar-refractivity contribution in [2.45, 2.75) is 69.3 Å². The number of likely N-dealkylation sites (tertiary alicyclic amines) is 1. The Bertz CT molecular complexity index is 1000. The number of aliphatic hydroxyl groups is 1. The highest BCUT2D eigenvalue weighted by Crippen LogP contribution is 2.20. The van der Waals surface area contributed by atoms with E-state index in [1.807, 2.05) is 5.32 Å². The molecule has 224 valence electrons. The van der Waals surface area contributed by atoms with Crippen molar-refractivity contribution in [3.05, 3.63) is 0 Å². The van der Waals surface area contributed by atoms with Crippen LogP contribution >= 0.6 is 0 Å². The Morgan fingerprint density at radius 3 is 2.12 bits per heavy atom. The summed E-state index contributed by atoms with van der Waals surface area (Å²) in [6.45, 7) is -0.0630. The lowest BCUT2D eigenvalue weighted by Gasteiger charge is -2.30. The number of carboxylic acid groups (broad SMARTS) is 2. The first-order chi connectivity index (χ1) is 18.7. The van der Waals surface area contributed by atoms with Crippen molar-refractivity contribution in [2.75, 3.05) is 19.6 Å². The molecule has 0 aromatic rings. The predicted octanol–water partition coefficient (Wildman–Crippen LogP) is -5.29. The molecule has 1 fully saturated rings. The Morgan fingerprint density at radius 2 is 1.60 bits per heavy atom. The summed E-state index contributed by atoms with van der Waals surface area (Å²) in [7, 11) is 0. The Balaban J connectivity index is 3.12. The van der Waals surface area contributed by atoms with Gasteiger partial charge in [0.15, 0.2) is 0 Å². The van der Waals surface area contributed by atoms with Crippen LogP contribution in [0.25, 0.3) is 0 Å². The SMILES string of the molecule is C[C@@H](O)[C@H](NC(=O)CN)C(=O)N[C@@H](CCC(=O)O)C(=O)N1CCC[C@H]1C(=O)N[C@@H](CC(N)=O)C(=O)NCC(=O)O. The van der Waals surface area contributed by atoms with E-state index < -0.39 is 110 Å². The van der Waals surface area contributed by atoms with E-state index >= 15 is 0 Å². The molecule has 1 saturated heterocycles. The number of aliphatic carboxylic acids is 2. The van der Waals surface area contributed by atoms with Crippen LogP contribution in [0.3, 0.4) is 0 Å². The Hall–Kier alpha value is -4.32. The van der Waals surface area contributed by atoms with Crippen LogP contribution in [-0.4, -0.2) is 118 Å². The number of hydrogen-bond acceptors (Lipinski definition) is 10. The fourth-order valence-electron chi connectivity index (χ4n) is 3.89. The van der Waals surface area contributed by atoms with Crippen LogP contribution in [0.4, 0.5) is 0 Å². The second kappa shape index (κ2) is 15.9. The maximum Gasteiger partial charge on any atom is 0.322 e. The number of carbonyl (C=O) groups is 8. The molecule has 6 amide bonds. The van der Waals surface area contributed by atoms with Crippen LogP contribution in [0.2, 0.25) is 0 Å². The van der Waals surface area contributed by atoms with Crippen molar-refractivity contribution in [2.24, 2.45) is 11.5 Å². The van der Waals surface area contributed by atoms with Crippen molar-refractivity contribution in [3.63, 3.8) is 0 Å². The maximum absolute atomic E-state index is 13.4. The lowest BCUT2D eigenvalue weighted by molar-refractivity contribution is -0.144. The molecule has 0 unspecified atom stereocenters. The summed E-state index contributed by atoms with van der Waals surface area (Å²) in [5.74, 6) is -8.12. The minimum absolute atomic E-state index is 0.0196. The molecular weight excluding hydrogens is 538 g/mol. The summed E-state index contributed by atoms with van der Waals surface area (Å²) in [5.41, 5.74) is 10.4. The molecule has 1 aliphatic heterocycles. The van der Waals surface area contributed by atoms with Crippen molar-refractivity contribution in [3.8, 4) is 0 Å². The van der Waals surface area contributed by atoms with Gasteiger partial charge in [0.2, 0.25) is 35.4 Å². The quantitative estimate of drug-likeness (QED) is 0.0836. The van der Waals surface area contributed by atoms with E-state index in [1.54, 1.807) is 0 Å². The van der Waals surface area contributed by atoms with E-state index in [0.29, 0.717) is 6.42 Å². The smallest absolute Gasteiger partial charge is 0.322 e. The van der Waals surface area contributed by atoms with Gasteiger partial charge in [0, 0.05) is 13.0 Å². The van der Waals surface area contributed by atoms with E-state index in [-0.39, 0.29) is 13.0 Å². The molecule has 1 aliphatic rings. The molecule has 40 heavy (non-hydrogen) atoms. The number of nitrogens with zero attached hydrogens (tertiary/aromatic N) is 1. The summed E-state index contributed by atoms with van der Waals surface area (Å²) < 4.78 is 0. The molecule has 0 radical (unpaired) electrons. The molecule has 1 rings (SSSR count). The van der Waals surface area contributed by atoms with Crippen LogP contribution in [-0.2, 0) is 38.4 Å². The van der Waals surface area contributed by atoms with Gasteiger partial charge in [0.25, 0.3) is 0 Å². The zero-order chi connectivity index (χ0) is 30.6. The summed E-state index contributed by atoms with van der Waals surface area (Å²) in [4.78, 5) is 97.6. The van der Waals surface area contributed by atoms with Gasteiger partial charge in [-0.3, -0.25) is 38.4 Å². The third-order valence-electron chi connectivity index (χ3n) is 5.82. The third kappa shape index (κ3) is 10.8. The first-order valence-corrected chi connectivity index (χ1v) is 12.3. The topological polar surface area (TPSA) is 301 Å². The molecule has 0 saturated carbocycles. The fourth-order valence-corrected chi connectivity index (χ4v) is 3.89. The highest BCUT2D eigenvalue weighted by Gasteiger charge is 2.40. The van der Waals surface area contributed by atoms with Gasteiger partial charge >= 0.3 is 11.9 Å². The minimum atomic E-state index is -1.54. The average Bonchev–Trinajstić information content (AvgIpc) is 3.36. The van der Waals surface area contributed by atoms with E-state index in [1.165, 1.54) is 6.92 Å². The van der Waals surface area contributed by atoms with Crippen molar-refractivity contribution < 1.29 is 53.7 Å². The van der Waals surface area contributed by atoms with Gasteiger partial charge in [-0.1, -0.05) is 0 Å². The van der Waals surface area contributed by atoms with Gasteiger partial charge < -0.3 is 53.0 Å². The van der Waals surface area contributed by atoms with E-state index in [4.69, 9.17) is 21.7 Å². The van der Waals surface area contributed by atoms with E-state index in [0.717, 1.165) is 4.90 Å². The molecule has 11 N–H and O–H groups in total. The molecule has 18 heteroatoms. The normalized spacial score (nSPS) is 17.5. The molecule has 18 nitrogen and oxygen atoms in total.